The molecule has 0 heterocycles. The van der Waals surface area contributed by atoms with Gasteiger partial charge in [0.15, 0.2) is 7.14 Å². The van der Waals surface area contributed by atoms with E-state index < -0.39 is 18.3 Å². The average Bonchev–Trinajstić information content (AvgIpc) is 3.27. The lowest BCUT2D eigenvalue weighted by Crippen LogP contribution is -3.61. The Hall–Kier alpha value is -1.11. The van der Waals surface area contributed by atoms with Gasteiger partial charge in [-0.25, -0.2) is 8.78 Å². The molecule has 5 heteroatoms. The lowest BCUT2D eigenvalue weighted by molar-refractivity contribution is -0.597. The summed E-state index contributed by atoms with van der Waals surface area (Å²) in [6.07, 6.45) is 0.125. The zero-order valence-corrected chi connectivity index (χ0v) is 17.2. The first-order chi connectivity index (χ1) is 13.0. The van der Waals surface area contributed by atoms with Crippen molar-refractivity contribution in [1.82, 2.24) is 0 Å². The van der Waals surface area contributed by atoms with Gasteiger partial charge in [-0.3, -0.25) is 0 Å². The Morgan fingerprint density at radius 1 is 0.778 bits per heavy atom. The van der Waals surface area contributed by atoms with Gasteiger partial charge in [0, 0.05) is 5.92 Å². The van der Waals surface area contributed by atoms with E-state index in [0.717, 1.165) is 25.7 Å². The van der Waals surface area contributed by atoms with Gasteiger partial charge >= 0.3 is 33.6 Å². The van der Waals surface area contributed by atoms with Crippen LogP contribution in [0.4, 0.5) is 17.6 Å². The van der Waals surface area contributed by atoms with Crippen LogP contribution in [0.1, 0.15) is 32.1 Å². The van der Waals surface area contributed by atoms with Crippen LogP contribution in [0, 0.1) is 24.9 Å². The van der Waals surface area contributed by atoms with Crippen LogP contribution >= 0.6 is 0 Å². The van der Waals surface area contributed by atoms with E-state index in [2.05, 4.69) is 60.7 Å². The smallest absolute Gasteiger partial charge is 0.204 e. The molecular weight excluding hydrogens is 467 g/mol. The highest BCUT2D eigenvalue weighted by atomic mass is 127. The molecule has 2 saturated carbocycles. The Balaban J connectivity index is 0.000000156. The predicted molar refractivity (Wildman–Crippen MR) is 94.8 cm³/mol. The third-order valence-corrected chi connectivity index (χ3v) is 8.24. The Morgan fingerprint density at radius 3 is 1.85 bits per heavy atom. The molecule has 0 spiro atoms. The summed E-state index contributed by atoms with van der Waals surface area (Å²) in [6, 6.07) is 21.4. The number of rotatable bonds is 4. The van der Waals surface area contributed by atoms with Crippen LogP contribution in [0.3, 0.4) is 0 Å². The molecule has 27 heavy (non-hydrogen) atoms. The van der Waals surface area contributed by atoms with Crippen molar-refractivity contribution in [2.75, 3.05) is 0 Å². The number of benzene rings is 2. The molecule has 2 aromatic rings. The molecule has 0 N–H and O–H groups in total. The molecule has 146 valence electrons. The molecule has 4 rings (SSSR count). The van der Waals surface area contributed by atoms with Crippen molar-refractivity contribution in [1.29, 1.82) is 0 Å². The summed E-state index contributed by atoms with van der Waals surface area (Å²) in [4.78, 5) is 0. The summed E-state index contributed by atoms with van der Waals surface area (Å²) in [7, 11) is 0. The summed E-state index contributed by atoms with van der Waals surface area (Å²) in [5.41, 5.74) is 0. The van der Waals surface area contributed by atoms with Crippen molar-refractivity contribution in [3.05, 3.63) is 67.8 Å². The number of hydrogen-bond acceptors (Lipinski definition) is 0. The Bertz CT molecular complexity index is 652. The quantitative estimate of drug-likeness (QED) is 0.454. The summed E-state index contributed by atoms with van der Waals surface area (Å²) in [5.74, 6) is -4.66. The fourth-order valence-electron chi connectivity index (χ4n) is 4.28. The van der Waals surface area contributed by atoms with Gasteiger partial charge < -0.3 is 0 Å². The summed E-state index contributed by atoms with van der Waals surface area (Å²) >= 11 is 0.0287. The lowest BCUT2D eigenvalue weighted by Gasteiger charge is -2.27. The largest absolute Gasteiger partial charge is 0.357 e. The third kappa shape index (κ3) is 5.24. The van der Waals surface area contributed by atoms with Crippen molar-refractivity contribution in [2.45, 2.75) is 44.5 Å². The first-order valence-electron chi connectivity index (χ1n) is 9.39. The van der Waals surface area contributed by atoms with E-state index in [0.29, 0.717) is 5.92 Å². The maximum Gasteiger partial charge on any atom is 0.357 e. The number of alkyl halides is 4. The second-order valence-corrected chi connectivity index (χ2v) is 10.2. The van der Waals surface area contributed by atoms with Gasteiger partial charge in [-0.1, -0.05) is 49.2 Å². The molecule has 2 aliphatic carbocycles. The molecule has 2 aromatic carbocycles. The highest BCUT2D eigenvalue weighted by molar-refractivity contribution is 5.02. The fraction of sp³-hybridized carbons (Fsp3) is 0.455. The van der Waals surface area contributed by atoms with Crippen molar-refractivity contribution in [3.63, 3.8) is 0 Å². The van der Waals surface area contributed by atoms with Crippen molar-refractivity contribution < 1.29 is 38.8 Å². The molecule has 0 bridgehead atoms. The van der Waals surface area contributed by atoms with Gasteiger partial charge in [0.05, 0.1) is 0 Å². The first-order valence-corrected chi connectivity index (χ1v) is 11.5. The van der Waals surface area contributed by atoms with Gasteiger partial charge in [0.2, 0.25) is 0 Å². The first kappa shape index (κ1) is 20.6. The van der Waals surface area contributed by atoms with E-state index in [9.17, 15) is 17.6 Å². The molecule has 0 nitrogen and oxygen atoms in total. The van der Waals surface area contributed by atoms with E-state index in [4.69, 9.17) is 0 Å². The molecule has 0 aromatic heterocycles. The molecule has 3 unspecified atom stereocenters. The van der Waals surface area contributed by atoms with Gasteiger partial charge in [0.25, 0.3) is 0 Å². The SMILES string of the molecule is FC(F)C(F)(F)C1CCC2CCCC21.c1ccc([I+]c2ccccc2)cc1. The minimum absolute atomic E-state index is 0.0287. The molecule has 0 amide bonds. The Labute approximate surface area is 168 Å². The summed E-state index contributed by atoms with van der Waals surface area (Å²) in [6.45, 7) is 0. The predicted octanol–water partition coefficient (Wildman–Crippen LogP) is 3.53. The van der Waals surface area contributed by atoms with Gasteiger partial charge in [-0.2, -0.15) is 8.78 Å². The van der Waals surface area contributed by atoms with Crippen LogP contribution in [0.15, 0.2) is 60.7 Å². The van der Waals surface area contributed by atoms with E-state index >= 15 is 0 Å². The zero-order valence-electron chi connectivity index (χ0n) is 15.0. The molecule has 3 atom stereocenters. The second kappa shape index (κ2) is 9.39. The van der Waals surface area contributed by atoms with E-state index in [-0.39, 0.29) is 33.5 Å². The van der Waals surface area contributed by atoms with Crippen molar-refractivity contribution in [3.8, 4) is 0 Å². The lowest BCUT2D eigenvalue weighted by atomic mass is 9.87. The molecule has 0 aliphatic heterocycles. The van der Waals surface area contributed by atoms with Crippen molar-refractivity contribution >= 4 is 0 Å². The Kier molecular flexibility index (Phi) is 7.17. The maximum atomic E-state index is 13.1. The van der Waals surface area contributed by atoms with Crippen LogP contribution in [-0.4, -0.2) is 12.3 Å². The minimum Gasteiger partial charge on any atom is -0.204 e. The molecule has 2 aliphatic rings. The van der Waals surface area contributed by atoms with Gasteiger partial charge in [-0.15, -0.1) is 0 Å². The third-order valence-electron chi connectivity index (χ3n) is 5.55. The molecule has 0 radical (unpaired) electrons. The monoisotopic (exact) mass is 491 g/mol. The van der Waals surface area contributed by atoms with E-state index in [1.54, 1.807) is 0 Å². The van der Waals surface area contributed by atoms with Crippen LogP contribution in [0.25, 0.3) is 0 Å². The van der Waals surface area contributed by atoms with Crippen LogP contribution in [0.2, 0.25) is 0 Å². The van der Waals surface area contributed by atoms with Gasteiger partial charge in [0.1, 0.15) is 0 Å². The average molecular weight is 491 g/mol. The topological polar surface area (TPSA) is 0 Å². The number of hydrogen-bond donors (Lipinski definition) is 0. The van der Waals surface area contributed by atoms with E-state index in [1.165, 1.54) is 7.14 Å². The molecule has 2 fully saturated rings. The number of halogens is 5. The normalized spacial score (nSPS) is 24.4. The Morgan fingerprint density at radius 2 is 1.33 bits per heavy atom. The summed E-state index contributed by atoms with van der Waals surface area (Å²) < 4.78 is 53.6. The number of fused-ring (bicyclic) bond motifs is 1. The second-order valence-electron chi connectivity index (χ2n) is 7.20. The highest BCUT2D eigenvalue weighted by Crippen LogP contribution is 2.54. The van der Waals surface area contributed by atoms with Crippen LogP contribution < -0.4 is 21.2 Å². The summed E-state index contributed by atoms with van der Waals surface area (Å²) in [5, 5.41) is 0. The molecule has 0 saturated heterocycles. The van der Waals surface area contributed by atoms with Crippen LogP contribution in [-0.2, 0) is 0 Å². The minimum atomic E-state index is -3.76. The maximum absolute atomic E-state index is 13.1. The standard InChI is InChI=1S/C12H10I.C10H14F4/c1-3-7-11(8-4-1)13-12-9-5-2-6-10-12;11-9(12)10(13,14)8-5-4-6-2-1-3-7(6)8/h1-10H;6-9H,1-5H2/q+1;. The van der Waals surface area contributed by atoms with Crippen LogP contribution in [0.5, 0.6) is 0 Å². The zero-order chi connectivity index (χ0) is 19.3. The molecular formula is C22H24F4I+. The van der Waals surface area contributed by atoms with E-state index in [1.807, 2.05) is 0 Å². The van der Waals surface area contributed by atoms with Crippen molar-refractivity contribution in [2.24, 2.45) is 17.8 Å². The fourth-order valence-corrected chi connectivity index (χ4v) is 6.55. The van der Waals surface area contributed by atoms with Gasteiger partial charge in [-0.05, 0) is 55.4 Å². The highest BCUT2D eigenvalue weighted by Gasteiger charge is 2.56.